The molecule has 2 aromatic rings. The Morgan fingerprint density at radius 2 is 1.76 bits per heavy atom. The molecule has 25 heavy (non-hydrogen) atoms. The molecule has 0 spiro atoms. The number of rotatable bonds is 4. The van der Waals surface area contributed by atoms with E-state index in [1.165, 1.54) is 23.1 Å². The molecule has 0 bridgehead atoms. The van der Waals surface area contributed by atoms with E-state index >= 15 is 0 Å². The lowest BCUT2D eigenvalue weighted by molar-refractivity contribution is -0.141. The van der Waals surface area contributed by atoms with E-state index in [4.69, 9.17) is 0 Å². The van der Waals surface area contributed by atoms with Crippen LogP contribution in [0, 0.1) is 11.7 Å². The summed E-state index contributed by atoms with van der Waals surface area (Å²) in [5, 5.41) is 19.3. The molecule has 1 aliphatic heterocycles. The molecule has 1 heterocycles. The maximum absolute atomic E-state index is 13.1. The Hall–Kier alpha value is -2.89. The molecule has 0 radical (unpaired) electrons. The van der Waals surface area contributed by atoms with E-state index in [1.807, 2.05) is 0 Å². The van der Waals surface area contributed by atoms with Crippen LogP contribution >= 0.6 is 0 Å². The Balaban J connectivity index is 1.77. The molecule has 1 fully saturated rings. The first kappa shape index (κ1) is 17.0. The predicted octanol–water partition coefficient (Wildman–Crippen LogP) is 2.40. The largest absolute Gasteiger partial charge is 0.508 e. The van der Waals surface area contributed by atoms with E-state index in [2.05, 4.69) is 0 Å². The number of likely N-dealkylation sites (tertiary alicyclic amines) is 1. The molecular formula is C19H18FNO4. The molecule has 2 aromatic carbocycles. The molecule has 5 nitrogen and oxygen atoms in total. The fourth-order valence-corrected chi connectivity index (χ4v) is 3.24. The number of phenols is 1. The smallest absolute Gasteiger partial charge is 0.308 e. The van der Waals surface area contributed by atoms with Crippen LogP contribution in [0.3, 0.4) is 0 Å². The van der Waals surface area contributed by atoms with Crippen LogP contribution in [0.2, 0.25) is 0 Å². The zero-order valence-corrected chi connectivity index (χ0v) is 13.4. The number of carbonyl (C=O) groups excluding carboxylic acids is 1. The van der Waals surface area contributed by atoms with Gasteiger partial charge in [-0.3, -0.25) is 9.59 Å². The van der Waals surface area contributed by atoms with Crippen molar-refractivity contribution in [3.05, 3.63) is 65.5 Å². The number of carboxylic acid groups (broad SMARTS) is 1. The Labute approximate surface area is 144 Å². The first-order chi connectivity index (χ1) is 12.0. The van der Waals surface area contributed by atoms with Gasteiger partial charge in [-0.05, 0) is 23.8 Å². The minimum absolute atomic E-state index is 0.00908. The number of hydrogen-bond donors (Lipinski definition) is 2. The average molecular weight is 343 g/mol. The highest BCUT2D eigenvalue weighted by molar-refractivity contribution is 5.82. The van der Waals surface area contributed by atoms with E-state index < -0.39 is 11.9 Å². The van der Waals surface area contributed by atoms with Crippen molar-refractivity contribution in [2.75, 3.05) is 13.1 Å². The van der Waals surface area contributed by atoms with Crippen molar-refractivity contribution in [3.63, 3.8) is 0 Å². The van der Waals surface area contributed by atoms with Gasteiger partial charge in [0.25, 0.3) is 0 Å². The molecule has 3 rings (SSSR count). The fourth-order valence-electron chi connectivity index (χ4n) is 3.24. The van der Waals surface area contributed by atoms with Crippen LogP contribution in [-0.2, 0) is 16.0 Å². The van der Waals surface area contributed by atoms with Crippen molar-refractivity contribution in [2.45, 2.75) is 12.3 Å². The third-order valence-electron chi connectivity index (χ3n) is 4.62. The number of carbonyl (C=O) groups is 2. The van der Waals surface area contributed by atoms with Gasteiger partial charge in [-0.2, -0.15) is 0 Å². The molecule has 0 aliphatic carbocycles. The van der Waals surface area contributed by atoms with Crippen LogP contribution in [0.5, 0.6) is 5.75 Å². The van der Waals surface area contributed by atoms with Gasteiger partial charge in [0, 0.05) is 24.6 Å². The Bertz CT molecular complexity index is 790. The number of nitrogens with zero attached hydrogens (tertiary/aromatic N) is 1. The fraction of sp³-hybridized carbons (Fsp3) is 0.263. The normalized spacial score (nSPS) is 19.8. The van der Waals surface area contributed by atoms with Gasteiger partial charge in [-0.25, -0.2) is 4.39 Å². The summed E-state index contributed by atoms with van der Waals surface area (Å²) >= 11 is 0. The van der Waals surface area contributed by atoms with Gasteiger partial charge < -0.3 is 15.1 Å². The van der Waals surface area contributed by atoms with E-state index in [-0.39, 0.29) is 42.9 Å². The number of aromatic hydroxyl groups is 1. The molecule has 1 aliphatic rings. The Morgan fingerprint density at radius 1 is 1.08 bits per heavy atom. The van der Waals surface area contributed by atoms with Gasteiger partial charge in [-0.1, -0.05) is 30.3 Å². The predicted molar refractivity (Wildman–Crippen MR) is 88.7 cm³/mol. The van der Waals surface area contributed by atoms with Gasteiger partial charge in [0.05, 0.1) is 12.3 Å². The molecule has 1 saturated heterocycles. The van der Waals surface area contributed by atoms with E-state index in [0.717, 1.165) is 0 Å². The lowest BCUT2D eigenvalue weighted by Gasteiger charge is -2.17. The van der Waals surface area contributed by atoms with Crippen molar-refractivity contribution in [1.82, 2.24) is 4.90 Å². The maximum atomic E-state index is 13.1. The van der Waals surface area contributed by atoms with Crippen molar-refractivity contribution in [1.29, 1.82) is 0 Å². The van der Waals surface area contributed by atoms with Gasteiger partial charge >= 0.3 is 5.97 Å². The molecule has 6 heteroatoms. The van der Waals surface area contributed by atoms with Crippen LogP contribution in [0.4, 0.5) is 4.39 Å². The molecule has 1 amide bonds. The maximum Gasteiger partial charge on any atom is 0.308 e. The first-order valence-electron chi connectivity index (χ1n) is 7.98. The van der Waals surface area contributed by atoms with Crippen LogP contribution < -0.4 is 0 Å². The summed E-state index contributed by atoms with van der Waals surface area (Å²) in [6.07, 6.45) is 0.00908. The third-order valence-corrected chi connectivity index (χ3v) is 4.62. The topological polar surface area (TPSA) is 77.8 Å². The monoisotopic (exact) mass is 343 g/mol. The third kappa shape index (κ3) is 3.63. The molecule has 2 atom stereocenters. The van der Waals surface area contributed by atoms with E-state index in [1.54, 1.807) is 30.3 Å². The highest BCUT2D eigenvalue weighted by Crippen LogP contribution is 2.33. The summed E-state index contributed by atoms with van der Waals surface area (Å²) < 4.78 is 13.1. The molecule has 2 N–H and O–H groups in total. The standard InChI is InChI=1S/C19H18FNO4/c20-14-7-5-12(6-8-14)15-10-21(11-16(15)19(24)25)18(23)9-13-3-1-2-4-17(13)22/h1-8,15-16,22H,9-11H2,(H,24,25)/t15-,16+/m1/s1. The van der Waals surface area contributed by atoms with Crippen LogP contribution in [0.15, 0.2) is 48.5 Å². The van der Waals surface area contributed by atoms with Crippen molar-refractivity contribution in [3.8, 4) is 5.75 Å². The number of halogens is 1. The zero-order chi connectivity index (χ0) is 18.0. The van der Waals surface area contributed by atoms with Gasteiger partial charge in [0.15, 0.2) is 0 Å². The summed E-state index contributed by atoms with van der Waals surface area (Å²) in [4.78, 5) is 25.6. The second-order valence-corrected chi connectivity index (χ2v) is 6.21. The number of amides is 1. The van der Waals surface area contributed by atoms with Crippen LogP contribution in [-0.4, -0.2) is 40.1 Å². The Kier molecular flexibility index (Phi) is 4.70. The molecule has 0 unspecified atom stereocenters. The number of aliphatic carboxylic acids is 1. The van der Waals surface area contributed by atoms with Crippen LogP contribution in [0.1, 0.15) is 17.0 Å². The lowest BCUT2D eigenvalue weighted by Crippen LogP contribution is -2.31. The summed E-state index contributed by atoms with van der Waals surface area (Å²) in [6.45, 7) is 0.360. The first-order valence-corrected chi connectivity index (χ1v) is 7.98. The molecule has 0 aromatic heterocycles. The van der Waals surface area contributed by atoms with E-state index in [9.17, 15) is 24.2 Å². The van der Waals surface area contributed by atoms with Crippen molar-refractivity contribution in [2.24, 2.45) is 5.92 Å². The summed E-state index contributed by atoms with van der Waals surface area (Å²) in [7, 11) is 0. The van der Waals surface area contributed by atoms with Crippen molar-refractivity contribution < 1.29 is 24.2 Å². The minimum Gasteiger partial charge on any atom is -0.508 e. The van der Waals surface area contributed by atoms with Gasteiger partial charge in [0.2, 0.25) is 5.91 Å². The summed E-state index contributed by atoms with van der Waals surface area (Å²) in [5.74, 6) is -2.68. The highest BCUT2D eigenvalue weighted by atomic mass is 19.1. The molecular weight excluding hydrogens is 325 g/mol. The van der Waals surface area contributed by atoms with Crippen LogP contribution in [0.25, 0.3) is 0 Å². The van der Waals surface area contributed by atoms with Gasteiger partial charge in [-0.15, -0.1) is 0 Å². The summed E-state index contributed by atoms with van der Waals surface area (Å²) in [5.41, 5.74) is 1.20. The number of hydrogen-bond acceptors (Lipinski definition) is 3. The second kappa shape index (κ2) is 6.93. The second-order valence-electron chi connectivity index (χ2n) is 6.21. The number of para-hydroxylation sites is 1. The van der Waals surface area contributed by atoms with Crippen molar-refractivity contribution >= 4 is 11.9 Å². The van der Waals surface area contributed by atoms with E-state index in [0.29, 0.717) is 11.1 Å². The average Bonchev–Trinajstić information content (AvgIpc) is 3.03. The number of carboxylic acids is 1. The lowest BCUT2D eigenvalue weighted by atomic mass is 9.89. The zero-order valence-electron chi connectivity index (χ0n) is 13.4. The number of phenolic OH excluding ortho intramolecular Hbond substituents is 1. The quantitative estimate of drug-likeness (QED) is 0.894. The Morgan fingerprint density at radius 3 is 2.40 bits per heavy atom. The minimum atomic E-state index is -0.979. The SMILES string of the molecule is O=C(O)[C@H]1CN(C(=O)Cc2ccccc2O)C[C@@H]1c1ccc(F)cc1. The number of benzene rings is 2. The summed E-state index contributed by atoms with van der Waals surface area (Å²) in [6, 6.07) is 12.3. The molecule has 0 saturated carbocycles. The molecule has 130 valence electrons. The van der Waals surface area contributed by atoms with Gasteiger partial charge in [0.1, 0.15) is 11.6 Å². The highest BCUT2D eigenvalue weighted by Gasteiger charge is 2.40.